The molecule has 12 heteroatoms. The third kappa shape index (κ3) is 4.88. The van der Waals surface area contributed by atoms with Gasteiger partial charge in [-0.15, -0.1) is 0 Å². The second-order valence-electron chi connectivity index (χ2n) is 17.5. The van der Waals surface area contributed by atoms with Crippen molar-refractivity contribution < 1.29 is 53.8 Å². The van der Waals surface area contributed by atoms with E-state index in [1.54, 1.807) is 46.8 Å². The summed E-state index contributed by atoms with van der Waals surface area (Å²) in [6.07, 6.45) is 0.956. The van der Waals surface area contributed by atoms with Crippen molar-refractivity contribution in [3.8, 4) is 0 Å². The predicted molar refractivity (Wildman–Crippen MR) is 182 cm³/mol. The normalized spacial score (nSPS) is 51.8. The summed E-state index contributed by atoms with van der Waals surface area (Å²) in [7, 11) is 0. The van der Waals surface area contributed by atoms with Crippen molar-refractivity contribution in [1.29, 1.82) is 0 Å². The SMILES string of the molecule is C/C=C(/C)C(=O)O[C@H]1CC[C@@]2(C)[C@@H]3C[C@@H](OC(C)=O)[C@H]4[C@@]5(O)[C@@H](C[C@@]42O[C@]13O)[C@@H]1CN2C[C@@H](C)CC[C@H]2[C@@](C)(O)[C@H]1[C@@H](O)[C@@H]5OC(=O)/C(C)=C\C. The maximum Gasteiger partial charge on any atom is 0.333 e. The second kappa shape index (κ2) is 12.1. The number of aliphatic hydroxyl groups is 4. The Morgan fingerprint density at radius 2 is 1.55 bits per heavy atom. The van der Waals surface area contributed by atoms with Crippen LogP contribution in [-0.2, 0) is 33.3 Å². The van der Waals surface area contributed by atoms with Crippen molar-refractivity contribution in [2.24, 2.45) is 40.9 Å². The van der Waals surface area contributed by atoms with Crippen molar-refractivity contribution in [2.75, 3.05) is 13.1 Å². The van der Waals surface area contributed by atoms with Gasteiger partial charge < -0.3 is 39.4 Å². The molecule has 7 aliphatic rings. The summed E-state index contributed by atoms with van der Waals surface area (Å²) in [6, 6.07) is -0.235. The van der Waals surface area contributed by atoms with Gasteiger partial charge in [-0.2, -0.15) is 0 Å². The van der Waals surface area contributed by atoms with Crippen LogP contribution in [0.2, 0.25) is 0 Å². The molecular formula is C39H57NO11. The van der Waals surface area contributed by atoms with Crippen LogP contribution >= 0.6 is 0 Å². The van der Waals surface area contributed by atoms with Crippen molar-refractivity contribution >= 4 is 17.9 Å². The molecule has 16 atom stereocenters. The summed E-state index contributed by atoms with van der Waals surface area (Å²) in [5.41, 5.74) is -4.85. The molecule has 4 aliphatic carbocycles. The zero-order valence-corrected chi connectivity index (χ0v) is 31.3. The van der Waals surface area contributed by atoms with Crippen molar-refractivity contribution in [3.63, 3.8) is 0 Å². The zero-order valence-electron chi connectivity index (χ0n) is 31.3. The Kier molecular flexibility index (Phi) is 8.76. The number of carbonyl (C=O) groups excluding carboxylic acids is 3. The molecule has 0 aromatic heterocycles. The van der Waals surface area contributed by atoms with E-state index in [-0.39, 0.29) is 24.5 Å². The monoisotopic (exact) mass is 715 g/mol. The highest BCUT2D eigenvalue weighted by atomic mass is 16.7. The fourth-order valence-corrected chi connectivity index (χ4v) is 12.6. The Morgan fingerprint density at radius 1 is 0.902 bits per heavy atom. The molecule has 7 rings (SSSR count). The third-order valence-electron chi connectivity index (χ3n) is 15.1. The number of hydrogen-bond acceptors (Lipinski definition) is 12. The number of aliphatic hydroxyl groups excluding tert-OH is 1. The van der Waals surface area contributed by atoms with Gasteiger partial charge in [0.25, 0.3) is 0 Å². The van der Waals surface area contributed by atoms with Gasteiger partial charge in [-0.1, -0.05) is 26.0 Å². The minimum atomic E-state index is -2.00. The van der Waals surface area contributed by atoms with E-state index >= 15 is 0 Å². The lowest BCUT2D eigenvalue weighted by Gasteiger charge is -2.64. The Labute approximate surface area is 300 Å². The van der Waals surface area contributed by atoms with E-state index in [1.165, 1.54) is 6.92 Å². The summed E-state index contributed by atoms with van der Waals surface area (Å²) >= 11 is 0. The largest absolute Gasteiger partial charge is 0.462 e. The molecule has 4 saturated carbocycles. The van der Waals surface area contributed by atoms with Crippen LogP contribution in [0.15, 0.2) is 23.3 Å². The Hall–Kier alpha value is -2.35. The van der Waals surface area contributed by atoms with Crippen LogP contribution in [0.3, 0.4) is 0 Å². The van der Waals surface area contributed by atoms with Gasteiger partial charge in [0.05, 0.1) is 23.2 Å². The molecule has 0 aromatic rings. The lowest BCUT2D eigenvalue weighted by Crippen LogP contribution is -2.77. The summed E-state index contributed by atoms with van der Waals surface area (Å²) in [4.78, 5) is 41.8. The molecule has 4 bridgehead atoms. The van der Waals surface area contributed by atoms with Crippen LogP contribution < -0.4 is 0 Å². The van der Waals surface area contributed by atoms with E-state index in [2.05, 4.69) is 11.8 Å². The number of allylic oxidation sites excluding steroid dienone is 2. The molecule has 3 saturated heterocycles. The van der Waals surface area contributed by atoms with E-state index in [9.17, 15) is 34.8 Å². The quantitative estimate of drug-likeness (QED) is 0.187. The second-order valence-corrected chi connectivity index (χ2v) is 17.5. The number of esters is 3. The number of carbonyl (C=O) groups is 3. The van der Waals surface area contributed by atoms with Crippen LogP contribution in [-0.4, -0.2) is 109 Å². The average Bonchev–Trinajstić information content (AvgIpc) is 3.33. The molecule has 51 heavy (non-hydrogen) atoms. The topological polar surface area (TPSA) is 172 Å². The number of piperidine rings is 2. The Balaban J connectivity index is 1.40. The lowest BCUT2D eigenvalue weighted by molar-refractivity contribution is -0.299. The number of hydrogen-bond donors (Lipinski definition) is 4. The van der Waals surface area contributed by atoms with Crippen molar-refractivity contribution in [2.45, 2.75) is 147 Å². The van der Waals surface area contributed by atoms with E-state index in [1.807, 2.05) is 6.92 Å². The maximum atomic E-state index is 13.6. The third-order valence-corrected chi connectivity index (χ3v) is 15.1. The first-order chi connectivity index (χ1) is 23.8. The van der Waals surface area contributed by atoms with E-state index in [0.717, 1.165) is 19.4 Å². The molecule has 7 fully saturated rings. The molecule has 1 spiro atoms. The Morgan fingerprint density at radius 3 is 2.18 bits per heavy atom. The summed E-state index contributed by atoms with van der Waals surface area (Å²) in [5, 5.41) is 51.3. The standard InChI is InChI=1S/C39H57NO11/c1-9-20(4)33(43)49-28-13-14-35(7)26-15-25(48-22(6)41)31-37(35,51-39(26,28)47)16-24-23-18-40-17-19(3)11-12-27(40)36(8,45)29(23)30(42)32(38(24,31)46)50-34(44)21(5)10-2/h9-10,19,23-32,42,45-47H,11-18H2,1-8H3/b20-9-,21-10-/t19-,23-,24-,25+,26-,27-,28-,29+,30+,31+,32-,35-,36+,37+,38-,39-/m0/s1. The number of nitrogens with zero attached hydrogens (tertiary/aromatic N) is 1. The fraction of sp³-hybridized carbons (Fsp3) is 0.821. The first kappa shape index (κ1) is 37.0. The number of rotatable bonds is 5. The minimum Gasteiger partial charge on any atom is -0.462 e. The highest BCUT2D eigenvalue weighted by Crippen LogP contribution is 2.77. The lowest BCUT2D eigenvalue weighted by atomic mass is 9.49. The number of fused-ring (bicyclic) bond motifs is 5. The summed E-state index contributed by atoms with van der Waals surface area (Å²) in [6.45, 7) is 15.2. The van der Waals surface area contributed by atoms with Gasteiger partial charge in [-0.05, 0) is 90.9 Å². The van der Waals surface area contributed by atoms with Crippen LogP contribution in [0.25, 0.3) is 0 Å². The smallest absolute Gasteiger partial charge is 0.333 e. The molecule has 3 heterocycles. The van der Waals surface area contributed by atoms with Gasteiger partial charge in [0.1, 0.15) is 11.7 Å². The van der Waals surface area contributed by atoms with E-state index in [0.29, 0.717) is 30.9 Å². The number of ether oxygens (including phenoxy) is 4. The highest BCUT2D eigenvalue weighted by molar-refractivity contribution is 5.88. The van der Waals surface area contributed by atoms with Crippen LogP contribution in [0.5, 0.6) is 0 Å². The zero-order chi connectivity index (χ0) is 37.2. The predicted octanol–water partition coefficient (Wildman–Crippen LogP) is 2.79. The van der Waals surface area contributed by atoms with E-state index < -0.39 is 99.9 Å². The van der Waals surface area contributed by atoms with Gasteiger partial charge in [0.2, 0.25) is 5.79 Å². The first-order valence-corrected chi connectivity index (χ1v) is 19.0. The van der Waals surface area contributed by atoms with Crippen molar-refractivity contribution in [1.82, 2.24) is 4.90 Å². The Bertz CT molecular complexity index is 1540. The molecule has 4 N–H and O–H groups in total. The molecule has 12 nitrogen and oxygen atoms in total. The van der Waals surface area contributed by atoms with Gasteiger partial charge in [0, 0.05) is 54.5 Å². The molecule has 0 amide bonds. The average molecular weight is 716 g/mol. The van der Waals surface area contributed by atoms with Gasteiger partial charge in [0.15, 0.2) is 12.2 Å². The fourth-order valence-electron chi connectivity index (χ4n) is 12.6. The molecule has 284 valence electrons. The molecule has 0 aromatic carbocycles. The first-order valence-electron chi connectivity index (χ1n) is 19.0. The minimum absolute atomic E-state index is 0.0901. The summed E-state index contributed by atoms with van der Waals surface area (Å²) < 4.78 is 25.2. The van der Waals surface area contributed by atoms with Gasteiger partial charge in [-0.3, -0.25) is 9.69 Å². The highest BCUT2D eigenvalue weighted by Gasteiger charge is 2.87. The molecule has 0 unspecified atom stereocenters. The van der Waals surface area contributed by atoms with Crippen LogP contribution in [0.1, 0.15) is 93.9 Å². The van der Waals surface area contributed by atoms with E-state index in [4.69, 9.17) is 18.9 Å². The van der Waals surface area contributed by atoms with Crippen molar-refractivity contribution in [3.05, 3.63) is 23.3 Å². The van der Waals surface area contributed by atoms with Crippen LogP contribution in [0, 0.1) is 40.9 Å². The molecule has 3 aliphatic heterocycles. The van der Waals surface area contributed by atoms with Gasteiger partial charge in [-0.25, -0.2) is 9.59 Å². The summed E-state index contributed by atoms with van der Waals surface area (Å²) in [5.74, 6) is -7.05. The maximum absolute atomic E-state index is 13.6. The molecule has 0 radical (unpaired) electrons. The molecular weight excluding hydrogens is 658 g/mol. The van der Waals surface area contributed by atoms with Gasteiger partial charge >= 0.3 is 17.9 Å². The van der Waals surface area contributed by atoms with Crippen LogP contribution in [0.4, 0.5) is 0 Å².